The van der Waals surface area contributed by atoms with Crippen molar-refractivity contribution in [2.45, 2.75) is 399 Å². The van der Waals surface area contributed by atoms with Gasteiger partial charge in [-0.3, -0.25) is 14.4 Å². The van der Waals surface area contributed by atoms with E-state index in [9.17, 15) is 14.4 Å². The highest BCUT2D eigenvalue weighted by molar-refractivity contribution is 5.71. The fourth-order valence-electron chi connectivity index (χ4n) is 10.9. The Morgan fingerprint density at radius 1 is 0.247 bits per heavy atom. The molecule has 81 heavy (non-hydrogen) atoms. The van der Waals surface area contributed by atoms with Crippen molar-refractivity contribution in [3.05, 3.63) is 48.6 Å². The number of hydrogen-bond acceptors (Lipinski definition) is 6. The molecule has 0 radical (unpaired) electrons. The van der Waals surface area contributed by atoms with E-state index < -0.39 is 6.10 Å². The molecule has 0 saturated heterocycles. The van der Waals surface area contributed by atoms with E-state index in [4.69, 9.17) is 14.2 Å². The summed E-state index contributed by atoms with van der Waals surface area (Å²) in [5.74, 6) is -0.852. The van der Waals surface area contributed by atoms with Crippen molar-refractivity contribution in [2.75, 3.05) is 13.2 Å². The van der Waals surface area contributed by atoms with Gasteiger partial charge in [-0.25, -0.2) is 0 Å². The molecule has 0 spiro atoms. The molecule has 0 amide bonds. The molecular weight excluding hydrogens is 997 g/mol. The number of allylic oxidation sites excluding steroid dienone is 8. The van der Waals surface area contributed by atoms with Gasteiger partial charge in [0.15, 0.2) is 6.10 Å². The van der Waals surface area contributed by atoms with Crippen molar-refractivity contribution in [1.82, 2.24) is 0 Å². The Labute approximate surface area is 505 Å². The van der Waals surface area contributed by atoms with Gasteiger partial charge in [0.2, 0.25) is 0 Å². The van der Waals surface area contributed by atoms with Crippen LogP contribution in [0.2, 0.25) is 0 Å². The summed E-state index contributed by atoms with van der Waals surface area (Å²) in [7, 11) is 0. The van der Waals surface area contributed by atoms with Crippen molar-refractivity contribution in [1.29, 1.82) is 0 Å². The number of esters is 3. The van der Waals surface area contributed by atoms with E-state index in [1.165, 1.54) is 276 Å². The van der Waals surface area contributed by atoms with Gasteiger partial charge in [0.25, 0.3) is 0 Å². The minimum atomic E-state index is -0.777. The highest BCUT2D eigenvalue weighted by Crippen LogP contribution is 2.18. The Hall–Kier alpha value is -2.63. The van der Waals surface area contributed by atoms with Crippen molar-refractivity contribution >= 4 is 17.9 Å². The summed E-state index contributed by atoms with van der Waals surface area (Å²) in [4.78, 5) is 38.5. The predicted octanol–water partition coefficient (Wildman–Crippen LogP) is 24.9. The van der Waals surface area contributed by atoms with Crippen LogP contribution in [-0.4, -0.2) is 37.2 Å². The SMILES string of the molecule is CCCCCCC/C=C\C/C=C\C/C=C\CCCCCCCCCCC(=O)OCC(COC(=O)CCCCCCCCCCC/C=C\CCCCCCCC)OC(=O)CCCCCCCCCCCCCCCCCCCCCCC. The summed E-state index contributed by atoms with van der Waals surface area (Å²) >= 11 is 0. The second-order valence-corrected chi connectivity index (χ2v) is 24.5. The number of rotatable bonds is 67. The van der Waals surface area contributed by atoms with E-state index in [0.29, 0.717) is 19.3 Å². The average molecular weight is 1140 g/mol. The summed E-state index contributed by atoms with van der Waals surface area (Å²) in [6, 6.07) is 0. The third-order valence-electron chi connectivity index (χ3n) is 16.3. The van der Waals surface area contributed by atoms with Crippen molar-refractivity contribution < 1.29 is 28.6 Å². The van der Waals surface area contributed by atoms with Crippen LogP contribution >= 0.6 is 0 Å². The molecule has 0 aliphatic carbocycles. The summed E-state index contributed by atoms with van der Waals surface area (Å²) < 4.78 is 17.0. The molecule has 0 aromatic rings. The van der Waals surface area contributed by atoms with Gasteiger partial charge in [-0.15, -0.1) is 0 Å². The Bertz CT molecular complexity index is 1400. The highest BCUT2D eigenvalue weighted by Gasteiger charge is 2.19. The first-order valence-electron chi connectivity index (χ1n) is 36.1. The molecule has 6 heteroatoms. The standard InChI is InChI=1S/C75H138O6/c1-4-7-10-13-16-19-22-25-28-31-34-36-37-39-41-44-47-50-53-56-59-62-65-68-74(77)80-71-72(70-79-73(76)67-64-61-58-55-52-49-46-43-40-33-30-27-24-21-18-15-12-9-6-3)81-75(78)69-66-63-60-57-54-51-48-45-42-38-35-32-29-26-23-20-17-14-11-8-5-2/h22,25,27,30-31,34,37,39,72H,4-21,23-24,26,28-29,32-33,35-36,38,40-71H2,1-3H3/b25-22-,30-27-,34-31-,39-37-. The minimum absolute atomic E-state index is 0.0723. The van der Waals surface area contributed by atoms with Crippen LogP contribution in [0, 0.1) is 0 Å². The summed E-state index contributed by atoms with van der Waals surface area (Å²) in [5.41, 5.74) is 0. The van der Waals surface area contributed by atoms with Crippen molar-refractivity contribution in [3.63, 3.8) is 0 Å². The quantitative estimate of drug-likeness (QED) is 0.0261. The van der Waals surface area contributed by atoms with E-state index >= 15 is 0 Å². The number of carbonyl (C=O) groups excluding carboxylic acids is 3. The zero-order chi connectivity index (χ0) is 58.5. The van der Waals surface area contributed by atoms with E-state index in [-0.39, 0.29) is 31.1 Å². The van der Waals surface area contributed by atoms with Crippen molar-refractivity contribution in [2.24, 2.45) is 0 Å². The largest absolute Gasteiger partial charge is 0.462 e. The van der Waals surface area contributed by atoms with Crippen LogP contribution in [0.4, 0.5) is 0 Å². The first-order valence-corrected chi connectivity index (χ1v) is 36.1. The summed E-state index contributed by atoms with van der Waals surface area (Å²) in [6.45, 7) is 6.69. The van der Waals surface area contributed by atoms with Gasteiger partial charge in [-0.2, -0.15) is 0 Å². The molecule has 0 aromatic carbocycles. The number of unbranched alkanes of at least 4 members (excludes halogenated alkanes) is 48. The van der Waals surface area contributed by atoms with Crippen LogP contribution in [0.1, 0.15) is 393 Å². The summed E-state index contributed by atoms with van der Waals surface area (Å²) in [6.07, 6.45) is 88.5. The molecule has 0 aliphatic heterocycles. The Morgan fingerprint density at radius 3 is 0.704 bits per heavy atom. The normalized spacial score (nSPS) is 12.3. The van der Waals surface area contributed by atoms with Crippen LogP contribution in [-0.2, 0) is 28.6 Å². The Balaban J connectivity index is 4.34. The molecule has 1 unspecified atom stereocenters. The average Bonchev–Trinajstić information content (AvgIpc) is 3.47. The molecule has 0 saturated carbocycles. The first-order chi connectivity index (χ1) is 40.0. The second kappa shape index (κ2) is 69.9. The molecular formula is C75H138O6. The second-order valence-electron chi connectivity index (χ2n) is 24.5. The van der Waals surface area contributed by atoms with Gasteiger partial charge < -0.3 is 14.2 Å². The maximum absolute atomic E-state index is 13.0. The molecule has 0 bridgehead atoms. The highest BCUT2D eigenvalue weighted by atomic mass is 16.6. The molecule has 474 valence electrons. The van der Waals surface area contributed by atoms with E-state index in [1.54, 1.807) is 0 Å². The molecule has 0 N–H and O–H groups in total. The first kappa shape index (κ1) is 78.4. The van der Waals surface area contributed by atoms with Crippen LogP contribution in [0.3, 0.4) is 0 Å². The number of carbonyl (C=O) groups is 3. The van der Waals surface area contributed by atoms with Gasteiger partial charge in [0.1, 0.15) is 13.2 Å². The van der Waals surface area contributed by atoms with Crippen LogP contribution in [0.5, 0.6) is 0 Å². The molecule has 0 fully saturated rings. The van der Waals surface area contributed by atoms with Crippen LogP contribution in [0.15, 0.2) is 48.6 Å². The van der Waals surface area contributed by atoms with Crippen molar-refractivity contribution in [3.8, 4) is 0 Å². The minimum Gasteiger partial charge on any atom is -0.462 e. The smallest absolute Gasteiger partial charge is 0.306 e. The monoisotopic (exact) mass is 1140 g/mol. The lowest BCUT2D eigenvalue weighted by molar-refractivity contribution is -0.167. The van der Waals surface area contributed by atoms with Gasteiger partial charge >= 0.3 is 17.9 Å². The maximum atomic E-state index is 13.0. The van der Waals surface area contributed by atoms with Gasteiger partial charge in [0, 0.05) is 19.3 Å². The van der Waals surface area contributed by atoms with Crippen LogP contribution < -0.4 is 0 Å². The lowest BCUT2D eigenvalue weighted by atomic mass is 10.0. The third-order valence-corrected chi connectivity index (χ3v) is 16.3. The molecule has 0 aliphatic rings. The lowest BCUT2D eigenvalue weighted by Gasteiger charge is -2.18. The van der Waals surface area contributed by atoms with Crippen LogP contribution in [0.25, 0.3) is 0 Å². The molecule has 0 heterocycles. The Morgan fingerprint density at radius 2 is 0.444 bits per heavy atom. The molecule has 0 rings (SSSR count). The fourth-order valence-corrected chi connectivity index (χ4v) is 10.9. The van der Waals surface area contributed by atoms with Gasteiger partial charge in [0.05, 0.1) is 0 Å². The molecule has 0 aromatic heterocycles. The summed E-state index contributed by atoms with van der Waals surface area (Å²) in [5, 5.41) is 0. The van der Waals surface area contributed by atoms with E-state index in [2.05, 4.69) is 69.4 Å². The topological polar surface area (TPSA) is 78.9 Å². The van der Waals surface area contributed by atoms with E-state index in [0.717, 1.165) is 77.0 Å². The zero-order valence-electron chi connectivity index (χ0n) is 54.6. The lowest BCUT2D eigenvalue weighted by Crippen LogP contribution is -2.30. The maximum Gasteiger partial charge on any atom is 0.306 e. The Kier molecular flexibility index (Phi) is 67.6. The molecule has 6 nitrogen and oxygen atoms in total. The van der Waals surface area contributed by atoms with Gasteiger partial charge in [-0.05, 0) is 83.5 Å². The fraction of sp³-hybridized carbons (Fsp3) is 0.853. The third kappa shape index (κ3) is 68.0. The number of ether oxygens (including phenoxy) is 3. The number of hydrogen-bond donors (Lipinski definition) is 0. The predicted molar refractivity (Wildman–Crippen MR) is 353 cm³/mol. The van der Waals surface area contributed by atoms with E-state index in [1.807, 2.05) is 0 Å². The zero-order valence-corrected chi connectivity index (χ0v) is 54.6. The molecule has 1 atom stereocenters. The van der Waals surface area contributed by atoms with Gasteiger partial charge in [-0.1, -0.05) is 339 Å².